The van der Waals surface area contributed by atoms with Crippen LogP contribution in [0.2, 0.25) is 0 Å². The lowest BCUT2D eigenvalue weighted by Crippen LogP contribution is -2.23. The first-order valence-corrected chi connectivity index (χ1v) is 10.6. The maximum atomic E-state index is 12.6. The van der Waals surface area contributed by atoms with Gasteiger partial charge in [0, 0.05) is 11.4 Å². The van der Waals surface area contributed by atoms with Crippen LogP contribution in [0.5, 0.6) is 0 Å². The quantitative estimate of drug-likeness (QED) is 0.697. The molecule has 0 aliphatic carbocycles. The number of nitrogens with zero attached hydrogens (tertiary/aromatic N) is 1. The van der Waals surface area contributed by atoms with Crippen molar-refractivity contribution >= 4 is 21.4 Å². The molecular formula is C19H22N2O3S2. The zero-order chi connectivity index (χ0) is 18.9. The average Bonchev–Trinajstić information content (AvgIpc) is 3.22. The van der Waals surface area contributed by atoms with Crippen LogP contribution in [0.25, 0.3) is 10.8 Å². The van der Waals surface area contributed by atoms with Crippen molar-refractivity contribution in [3.63, 3.8) is 0 Å². The Morgan fingerprint density at radius 1 is 1.15 bits per heavy atom. The monoisotopic (exact) mass is 390 g/mol. The topological polar surface area (TPSA) is 72.2 Å². The van der Waals surface area contributed by atoms with Gasteiger partial charge in [-0.2, -0.15) is 0 Å². The molecule has 0 aliphatic rings. The second-order valence-corrected chi connectivity index (χ2v) is 9.95. The van der Waals surface area contributed by atoms with Crippen LogP contribution < -0.4 is 4.72 Å². The molecule has 0 amide bonds. The molecule has 1 N–H and O–H groups in total. The van der Waals surface area contributed by atoms with Crippen molar-refractivity contribution in [1.82, 2.24) is 9.71 Å². The van der Waals surface area contributed by atoms with Gasteiger partial charge in [-0.1, -0.05) is 32.9 Å². The number of hydrogen-bond donors (Lipinski definition) is 1. The number of rotatable bonds is 5. The lowest BCUT2D eigenvalue weighted by Gasteiger charge is -2.19. The number of aryl methyl sites for hydroxylation is 1. The fourth-order valence-corrected chi connectivity index (χ4v) is 4.53. The van der Waals surface area contributed by atoms with E-state index >= 15 is 0 Å². The highest BCUT2D eigenvalue weighted by Gasteiger charge is 2.19. The summed E-state index contributed by atoms with van der Waals surface area (Å²) in [7, 11) is -3.58. The lowest BCUT2D eigenvalue weighted by molar-refractivity contribution is 0.578. The van der Waals surface area contributed by atoms with Crippen LogP contribution in [0, 0.1) is 6.92 Å². The summed E-state index contributed by atoms with van der Waals surface area (Å²) < 4.78 is 33.1. The molecule has 2 heterocycles. The highest BCUT2D eigenvalue weighted by Crippen LogP contribution is 2.28. The number of aromatic nitrogens is 1. The number of nitrogens with one attached hydrogen (secondary N) is 1. The minimum Gasteiger partial charge on any atom is -0.462 e. The second kappa shape index (κ2) is 6.98. The Labute approximate surface area is 158 Å². The van der Waals surface area contributed by atoms with Gasteiger partial charge in [0.15, 0.2) is 10.8 Å². The van der Waals surface area contributed by atoms with Crippen LogP contribution in [-0.2, 0) is 22.0 Å². The van der Waals surface area contributed by atoms with Crippen LogP contribution >= 0.6 is 11.3 Å². The van der Waals surface area contributed by atoms with Crippen LogP contribution in [-0.4, -0.2) is 13.4 Å². The Morgan fingerprint density at radius 3 is 2.42 bits per heavy atom. The molecule has 0 unspecified atom stereocenters. The van der Waals surface area contributed by atoms with Crippen molar-refractivity contribution in [2.45, 2.75) is 44.6 Å². The minimum absolute atomic E-state index is 0.0161. The molecule has 1 aromatic carbocycles. The van der Waals surface area contributed by atoms with E-state index in [1.54, 1.807) is 24.5 Å². The van der Waals surface area contributed by atoms with Crippen LogP contribution in [0.4, 0.5) is 0 Å². The van der Waals surface area contributed by atoms with Crippen molar-refractivity contribution in [1.29, 1.82) is 0 Å². The standard InChI is InChI=1S/C19H22N2O3S2/c1-13-17(25-18(21-13)16-6-5-11-24-16)12-20-26(22,23)15-9-7-14(8-10-15)19(2,3)4/h5-11,20H,12H2,1-4H3. The van der Waals surface area contributed by atoms with Crippen LogP contribution in [0.15, 0.2) is 52.0 Å². The third kappa shape index (κ3) is 4.06. The molecular weight excluding hydrogens is 368 g/mol. The fraction of sp³-hybridized carbons (Fsp3) is 0.316. The predicted octanol–water partition coefficient (Wildman–Crippen LogP) is 4.49. The Bertz CT molecular complexity index is 981. The van der Waals surface area contributed by atoms with Gasteiger partial charge < -0.3 is 4.42 Å². The van der Waals surface area contributed by atoms with Gasteiger partial charge in [0.25, 0.3) is 0 Å². The van der Waals surface area contributed by atoms with E-state index in [9.17, 15) is 8.42 Å². The Kier molecular flexibility index (Phi) is 5.05. The van der Waals surface area contributed by atoms with Gasteiger partial charge >= 0.3 is 0 Å². The predicted molar refractivity (Wildman–Crippen MR) is 104 cm³/mol. The van der Waals surface area contributed by atoms with Crippen molar-refractivity contribution < 1.29 is 12.8 Å². The molecule has 3 aromatic rings. The van der Waals surface area contributed by atoms with Gasteiger partial charge in [-0.3, -0.25) is 0 Å². The highest BCUT2D eigenvalue weighted by molar-refractivity contribution is 7.89. The fourth-order valence-electron chi connectivity index (χ4n) is 2.48. The summed E-state index contributed by atoms with van der Waals surface area (Å²) in [5, 5.41) is 0.747. The van der Waals surface area contributed by atoms with E-state index in [1.165, 1.54) is 11.3 Å². The molecule has 0 saturated carbocycles. The molecule has 138 valence electrons. The molecule has 0 spiro atoms. The number of benzene rings is 1. The van der Waals surface area contributed by atoms with Crippen molar-refractivity contribution in [2.75, 3.05) is 0 Å². The summed E-state index contributed by atoms with van der Waals surface area (Å²) in [6, 6.07) is 10.7. The molecule has 0 fully saturated rings. The summed E-state index contributed by atoms with van der Waals surface area (Å²) in [5.74, 6) is 0.685. The molecule has 0 radical (unpaired) electrons. The maximum Gasteiger partial charge on any atom is 0.240 e. The van der Waals surface area contributed by atoms with Gasteiger partial charge in [-0.15, -0.1) is 11.3 Å². The summed E-state index contributed by atoms with van der Waals surface area (Å²) in [4.78, 5) is 5.58. The zero-order valence-corrected chi connectivity index (χ0v) is 16.9. The molecule has 0 saturated heterocycles. The molecule has 0 bridgehead atoms. The van der Waals surface area contributed by atoms with E-state index in [1.807, 2.05) is 25.1 Å². The smallest absolute Gasteiger partial charge is 0.240 e. The molecule has 3 rings (SSSR count). The minimum atomic E-state index is -3.58. The Morgan fingerprint density at radius 2 is 1.85 bits per heavy atom. The Balaban J connectivity index is 1.74. The highest BCUT2D eigenvalue weighted by atomic mass is 32.2. The zero-order valence-electron chi connectivity index (χ0n) is 15.2. The first-order valence-electron chi connectivity index (χ1n) is 8.27. The summed E-state index contributed by atoms with van der Waals surface area (Å²) in [6.07, 6.45) is 1.59. The average molecular weight is 391 g/mol. The van der Waals surface area contributed by atoms with Crippen molar-refractivity contribution in [2.24, 2.45) is 0 Å². The number of sulfonamides is 1. The normalized spacial score (nSPS) is 12.5. The van der Waals surface area contributed by atoms with E-state index < -0.39 is 10.0 Å². The number of thiazole rings is 1. The third-order valence-electron chi connectivity index (χ3n) is 4.08. The van der Waals surface area contributed by atoms with Gasteiger partial charge in [0.05, 0.1) is 16.9 Å². The summed E-state index contributed by atoms with van der Waals surface area (Å²) >= 11 is 1.43. The van der Waals surface area contributed by atoms with Gasteiger partial charge in [-0.25, -0.2) is 18.1 Å². The number of furan rings is 1. The molecule has 2 aromatic heterocycles. The van der Waals surface area contributed by atoms with E-state index in [0.29, 0.717) is 5.76 Å². The first-order chi connectivity index (χ1) is 12.2. The van der Waals surface area contributed by atoms with E-state index in [-0.39, 0.29) is 16.9 Å². The maximum absolute atomic E-state index is 12.6. The summed E-state index contributed by atoms with van der Waals surface area (Å²) in [6.45, 7) is 8.35. The van der Waals surface area contributed by atoms with Crippen molar-refractivity contribution in [3.05, 3.63) is 58.8 Å². The molecule has 7 heteroatoms. The SMILES string of the molecule is Cc1nc(-c2ccco2)sc1CNS(=O)(=O)c1ccc(C(C)(C)C)cc1. The van der Waals surface area contributed by atoms with Gasteiger partial charge in [-0.05, 0) is 42.2 Å². The largest absolute Gasteiger partial charge is 0.462 e. The molecule has 26 heavy (non-hydrogen) atoms. The van der Waals surface area contributed by atoms with E-state index in [2.05, 4.69) is 30.5 Å². The van der Waals surface area contributed by atoms with Crippen molar-refractivity contribution in [3.8, 4) is 10.8 Å². The first kappa shape index (κ1) is 18.8. The second-order valence-electron chi connectivity index (χ2n) is 7.10. The van der Waals surface area contributed by atoms with Crippen LogP contribution in [0.1, 0.15) is 36.9 Å². The number of hydrogen-bond acceptors (Lipinski definition) is 5. The van der Waals surface area contributed by atoms with Crippen LogP contribution in [0.3, 0.4) is 0 Å². The van der Waals surface area contributed by atoms with Gasteiger partial charge in [0.1, 0.15) is 0 Å². The van der Waals surface area contributed by atoms with E-state index in [0.717, 1.165) is 21.1 Å². The lowest BCUT2D eigenvalue weighted by atomic mass is 9.87. The molecule has 0 atom stereocenters. The molecule has 0 aliphatic heterocycles. The summed E-state index contributed by atoms with van der Waals surface area (Å²) in [5.41, 5.74) is 1.88. The third-order valence-corrected chi connectivity index (χ3v) is 6.67. The van der Waals surface area contributed by atoms with E-state index in [4.69, 9.17) is 4.42 Å². The van der Waals surface area contributed by atoms with Gasteiger partial charge in [0.2, 0.25) is 10.0 Å². The molecule has 5 nitrogen and oxygen atoms in total. The Hall–Kier alpha value is -1.96.